The Bertz CT molecular complexity index is 1540. The van der Waals surface area contributed by atoms with Crippen LogP contribution in [0.2, 0.25) is 0 Å². The molecule has 2 atom stereocenters. The van der Waals surface area contributed by atoms with Crippen molar-refractivity contribution in [1.82, 2.24) is 19.8 Å². The lowest BCUT2D eigenvalue weighted by molar-refractivity contribution is -0.128. The Morgan fingerprint density at radius 2 is 1.98 bits per heavy atom. The van der Waals surface area contributed by atoms with Gasteiger partial charge in [0.25, 0.3) is 0 Å². The number of aryl methyl sites for hydroxylation is 1. The number of benzene rings is 2. The summed E-state index contributed by atoms with van der Waals surface area (Å²) < 4.78 is 6.23. The maximum absolute atomic E-state index is 12.6. The monoisotopic (exact) mass is 579 g/mol. The van der Waals surface area contributed by atoms with Gasteiger partial charge < -0.3 is 19.4 Å². The van der Waals surface area contributed by atoms with Crippen molar-refractivity contribution in [2.75, 3.05) is 56.2 Å². The van der Waals surface area contributed by atoms with Crippen molar-refractivity contribution in [2.24, 2.45) is 0 Å². The summed E-state index contributed by atoms with van der Waals surface area (Å²) >= 11 is 0. The van der Waals surface area contributed by atoms with Crippen LogP contribution < -0.4 is 9.80 Å². The molecule has 0 N–H and O–H groups in total. The van der Waals surface area contributed by atoms with Crippen LogP contribution in [0, 0.1) is 18.3 Å². The Balaban J connectivity index is 1.31. The van der Waals surface area contributed by atoms with Crippen LogP contribution in [0.3, 0.4) is 0 Å². The van der Waals surface area contributed by atoms with Gasteiger partial charge in [-0.15, -0.1) is 0 Å². The van der Waals surface area contributed by atoms with Crippen LogP contribution in [0.4, 0.5) is 11.5 Å². The third kappa shape index (κ3) is 5.95. The number of hydrogen-bond donors (Lipinski definition) is 0. The van der Waals surface area contributed by atoms with Gasteiger partial charge in [0.15, 0.2) is 0 Å². The van der Waals surface area contributed by atoms with E-state index in [1.807, 2.05) is 0 Å². The number of anilines is 2. The van der Waals surface area contributed by atoms with E-state index >= 15 is 0 Å². The molecular weight excluding hydrogens is 538 g/mol. The summed E-state index contributed by atoms with van der Waals surface area (Å²) in [6.07, 6.45) is 5.45. The van der Waals surface area contributed by atoms with Crippen molar-refractivity contribution in [3.8, 4) is 6.07 Å². The number of carbonyl (C=O) groups is 1. The average molecular weight is 580 g/mol. The molecule has 3 aliphatic heterocycles. The van der Waals surface area contributed by atoms with E-state index < -0.39 is 0 Å². The zero-order valence-electron chi connectivity index (χ0n) is 25.3. The third-order valence-electron chi connectivity index (χ3n) is 9.18. The highest BCUT2D eigenvalue weighted by Gasteiger charge is 2.33. The summed E-state index contributed by atoms with van der Waals surface area (Å²) in [5, 5.41) is 12.1. The molecule has 3 aliphatic rings. The zero-order chi connectivity index (χ0) is 29.9. The predicted molar refractivity (Wildman–Crippen MR) is 169 cm³/mol. The van der Waals surface area contributed by atoms with Gasteiger partial charge in [0, 0.05) is 55.8 Å². The normalized spacial score (nSPS) is 20.7. The number of piperazine rings is 1. The summed E-state index contributed by atoms with van der Waals surface area (Å²) in [7, 11) is 2.11. The van der Waals surface area contributed by atoms with Crippen molar-refractivity contribution in [3.05, 3.63) is 71.7 Å². The lowest BCUT2D eigenvalue weighted by Crippen LogP contribution is -2.55. The molecule has 0 radical (unpaired) electrons. The van der Waals surface area contributed by atoms with E-state index in [2.05, 4.69) is 77.7 Å². The van der Waals surface area contributed by atoms with E-state index in [9.17, 15) is 10.1 Å². The van der Waals surface area contributed by atoms with Gasteiger partial charge in [-0.05, 0) is 56.3 Å². The number of likely N-dealkylation sites (tertiary alicyclic amines) is 1. The van der Waals surface area contributed by atoms with Crippen LogP contribution in [0.15, 0.2) is 49.1 Å². The van der Waals surface area contributed by atoms with Crippen LogP contribution in [-0.2, 0) is 28.9 Å². The fourth-order valence-corrected chi connectivity index (χ4v) is 6.92. The highest BCUT2D eigenvalue weighted by Crippen LogP contribution is 2.35. The van der Waals surface area contributed by atoms with Crippen LogP contribution in [0.25, 0.3) is 10.8 Å². The molecule has 2 aromatic carbocycles. The first-order chi connectivity index (χ1) is 21.0. The van der Waals surface area contributed by atoms with Gasteiger partial charge in [-0.3, -0.25) is 9.69 Å². The van der Waals surface area contributed by atoms with E-state index in [1.165, 1.54) is 33.7 Å². The molecule has 0 bridgehead atoms. The van der Waals surface area contributed by atoms with E-state index in [1.54, 1.807) is 4.90 Å². The molecule has 4 heterocycles. The fraction of sp³-hybridized carbons (Fsp3) is 0.471. The van der Waals surface area contributed by atoms with Gasteiger partial charge in [0.05, 0.1) is 37.4 Å². The minimum Gasteiger partial charge on any atom is -0.365 e. The fourth-order valence-electron chi connectivity index (χ4n) is 6.92. The quantitative estimate of drug-likeness (QED) is 0.367. The molecular formula is C34H41N7O2. The number of ether oxygens (including phenoxy) is 1. The standard InChI is InChI=1S/C34H41N7O2/c1-4-31(42)41-20-19-40(22-26(41)13-16-35)34-27-14-18-39(29-11-6-10-25-9-5-8-24(2)33(25)29)23-28(27)36-30(37-34)15-21-43-32-12-7-17-38(32)3/h4-6,8-11,26,32H,1,7,12-15,17-23H2,2-3H3/t26-,32+/m0/s1. The van der Waals surface area contributed by atoms with Crippen LogP contribution in [-0.4, -0.2) is 84.3 Å². The summed E-state index contributed by atoms with van der Waals surface area (Å²) in [5.41, 5.74) is 4.73. The third-order valence-corrected chi connectivity index (χ3v) is 9.18. The summed E-state index contributed by atoms with van der Waals surface area (Å²) in [4.78, 5) is 31.6. The number of rotatable bonds is 8. The Hall–Kier alpha value is -4.00. The number of aromatic nitrogens is 2. The van der Waals surface area contributed by atoms with Crippen LogP contribution in [0.1, 0.15) is 41.9 Å². The van der Waals surface area contributed by atoms with E-state index in [0.717, 1.165) is 49.7 Å². The molecule has 0 spiro atoms. The van der Waals surface area contributed by atoms with Gasteiger partial charge >= 0.3 is 0 Å². The van der Waals surface area contributed by atoms with Crippen molar-refractivity contribution in [3.63, 3.8) is 0 Å². The van der Waals surface area contributed by atoms with Gasteiger partial charge in [0.1, 0.15) is 17.9 Å². The van der Waals surface area contributed by atoms with Crippen LogP contribution in [0.5, 0.6) is 0 Å². The Kier molecular flexibility index (Phi) is 8.59. The van der Waals surface area contributed by atoms with Gasteiger partial charge in [-0.1, -0.05) is 36.9 Å². The molecule has 3 aromatic rings. The van der Waals surface area contributed by atoms with Crippen molar-refractivity contribution in [2.45, 2.75) is 57.8 Å². The lowest BCUT2D eigenvalue weighted by atomic mass is 9.99. The minimum absolute atomic E-state index is 0.125. The molecule has 1 amide bonds. The summed E-state index contributed by atoms with van der Waals surface area (Å²) in [5.74, 6) is 1.60. The molecule has 2 fully saturated rings. The van der Waals surface area contributed by atoms with Gasteiger partial charge in [0.2, 0.25) is 5.91 Å². The van der Waals surface area contributed by atoms with Crippen molar-refractivity contribution >= 4 is 28.2 Å². The topological polar surface area (TPSA) is 88.8 Å². The molecule has 43 heavy (non-hydrogen) atoms. The zero-order valence-corrected chi connectivity index (χ0v) is 25.3. The molecule has 9 nitrogen and oxygen atoms in total. The molecule has 9 heteroatoms. The van der Waals surface area contributed by atoms with Gasteiger partial charge in [-0.25, -0.2) is 9.97 Å². The number of nitrogens with zero attached hydrogens (tertiary/aromatic N) is 7. The lowest BCUT2D eigenvalue weighted by Gasteiger charge is -2.42. The highest BCUT2D eigenvalue weighted by molar-refractivity contribution is 5.97. The summed E-state index contributed by atoms with van der Waals surface area (Å²) in [6, 6.07) is 15.1. The number of hydrogen-bond acceptors (Lipinski definition) is 8. The maximum Gasteiger partial charge on any atom is 0.246 e. The van der Waals surface area contributed by atoms with Crippen LogP contribution >= 0.6 is 0 Å². The number of fused-ring (bicyclic) bond motifs is 2. The molecule has 0 aliphatic carbocycles. The largest absolute Gasteiger partial charge is 0.365 e. The van der Waals surface area contributed by atoms with Crippen molar-refractivity contribution < 1.29 is 9.53 Å². The van der Waals surface area contributed by atoms with Gasteiger partial charge in [-0.2, -0.15) is 5.26 Å². The SMILES string of the molecule is C=CC(=O)N1CCN(c2nc(CCO[C@@H]3CCCN3C)nc3c2CCN(c2cccc4cccc(C)c24)C3)C[C@@H]1CC#N. The van der Waals surface area contributed by atoms with E-state index in [4.69, 9.17) is 14.7 Å². The second-order valence-corrected chi connectivity index (χ2v) is 11.9. The maximum atomic E-state index is 12.6. The molecule has 224 valence electrons. The second-order valence-electron chi connectivity index (χ2n) is 11.9. The molecule has 1 aromatic heterocycles. The number of amides is 1. The number of nitriles is 1. The molecule has 2 saturated heterocycles. The predicted octanol–water partition coefficient (Wildman–Crippen LogP) is 4.23. The first-order valence-corrected chi connectivity index (χ1v) is 15.5. The van der Waals surface area contributed by atoms with E-state index in [0.29, 0.717) is 39.2 Å². The average Bonchev–Trinajstić information content (AvgIpc) is 3.44. The second kappa shape index (κ2) is 12.7. The molecule has 0 saturated carbocycles. The molecule has 6 rings (SSSR count). The van der Waals surface area contributed by atoms with Crippen molar-refractivity contribution in [1.29, 1.82) is 5.26 Å². The molecule has 0 unspecified atom stereocenters. The first-order valence-electron chi connectivity index (χ1n) is 15.5. The number of carbonyl (C=O) groups excluding carboxylic acids is 1. The summed E-state index contributed by atoms with van der Waals surface area (Å²) in [6.45, 7) is 10.8. The Labute approximate surface area is 254 Å². The Morgan fingerprint density at radius 1 is 1.14 bits per heavy atom. The van der Waals surface area contributed by atoms with E-state index in [-0.39, 0.29) is 24.6 Å². The minimum atomic E-state index is -0.210. The highest BCUT2D eigenvalue weighted by atomic mass is 16.5. The first kappa shape index (κ1) is 29.1. The Morgan fingerprint density at radius 3 is 2.74 bits per heavy atom. The smallest absolute Gasteiger partial charge is 0.246 e.